The third-order valence-electron chi connectivity index (χ3n) is 2.93. The molecule has 2 aromatic heterocycles. The first-order valence-electron chi connectivity index (χ1n) is 6.41. The van der Waals surface area contributed by atoms with E-state index in [4.69, 9.17) is 4.74 Å². The summed E-state index contributed by atoms with van der Waals surface area (Å²) in [6.07, 6.45) is 1.09. The van der Waals surface area contributed by atoms with Gasteiger partial charge in [-0.05, 0) is 43.0 Å². The molecular weight excluding hydrogens is 258 g/mol. The van der Waals surface area contributed by atoms with Crippen LogP contribution in [0.3, 0.4) is 0 Å². The van der Waals surface area contributed by atoms with Gasteiger partial charge in [0.15, 0.2) is 0 Å². The van der Waals surface area contributed by atoms with Crippen LogP contribution in [0.4, 0.5) is 0 Å². The highest BCUT2D eigenvalue weighted by Crippen LogP contribution is 2.28. The predicted octanol–water partition coefficient (Wildman–Crippen LogP) is 2.94. The molecular formula is C14H19N3OS. The molecule has 0 aliphatic carbocycles. The predicted molar refractivity (Wildman–Crippen MR) is 77.8 cm³/mol. The van der Waals surface area contributed by atoms with Crippen LogP contribution in [0.25, 0.3) is 0 Å². The van der Waals surface area contributed by atoms with Crippen LogP contribution >= 0.6 is 11.3 Å². The van der Waals surface area contributed by atoms with Gasteiger partial charge in [-0.1, -0.05) is 6.92 Å². The maximum atomic E-state index is 5.05. The van der Waals surface area contributed by atoms with Gasteiger partial charge >= 0.3 is 0 Å². The Kier molecular flexibility index (Phi) is 4.87. The van der Waals surface area contributed by atoms with E-state index in [-0.39, 0.29) is 6.04 Å². The van der Waals surface area contributed by atoms with Gasteiger partial charge in [-0.25, -0.2) is 0 Å². The van der Waals surface area contributed by atoms with Crippen LogP contribution in [-0.2, 0) is 0 Å². The first kappa shape index (κ1) is 14.0. The SMILES string of the molecule is CCCNC(c1ccc(OC)nn1)c1sccc1C. The molecule has 0 saturated heterocycles. The van der Waals surface area contributed by atoms with Crippen LogP contribution in [0.2, 0.25) is 0 Å². The topological polar surface area (TPSA) is 47.0 Å². The van der Waals surface area contributed by atoms with Gasteiger partial charge < -0.3 is 10.1 Å². The molecule has 102 valence electrons. The van der Waals surface area contributed by atoms with Crippen LogP contribution in [0, 0.1) is 6.92 Å². The van der Waals surface area contributed by atoms with Crippen LogP contribution in [0.5, 0.6) is 5.88 Å². The largest absolute Gasteiger partial charge is 0.480 e. The Bertz CT molecular complexity index is 510. The molecule has 0 fully saturated rings. The van der Waals surface area contributed by atoms with Crippen molar-refractivity contribution in [2.24, 2.45) is 0 Å². The number of hydrogen-bond acceptors (Lipinski definition) is 5. The highest BCUT2D eigenvalue weighted by Gasteiger charge is 2.18. The van der Waals surface area contributed by atoms with Crippen molar-refractivity contribution in [3.8, 4) is 5.88 Å². The average Bonchev–Trinajstić information content (AvgIpc) is 2.86. The summed E-state index contributed by atoms with van der Waals surface area (Å²) in [5.74, 6) is 0.542. The molecule has 4 nitrogen and oxygen atoms in total. The fourth-order valence-electron chi connectivity index (χ4n) is 1.89. The zero-order valence-electron chi connectivity index (χ0n) is 11.5. The molecule has 0 saturated carbocycles. The Balaban J connectivity index is 2.28. The Hall–Kier alpha value is -1.46. The quantitative estimate of drug-likeness (QED) is 0.882. The summed E-state index contributed by atoms with van der Waals surface area (Å²) in [6, 6.07) is 6.07. The standard InChI is InChI=1S/C14H19N3OS/c1-4-8-15-13(14-10(2)7-9-19-14)11-5-6-12(18-3)17-16-11/h5-7,9,13,15H,4,8H2,1-3H3. The second-order valence-corrected chi connectivity index (χ2v) is 5.30. The van der Waals surface area contributed by atoms with E-state index in [1.807, 2.05) is 12.1 Å². The zero-order chi connectivity index (χ0) is 13.7. The number of aryl methyl sites for hydroxylation is 1. The van der Waals surface area contributed by atoms with E-state index in [2.05, 4.69) is 40.8 Å². The maximum absolute atomic E-state index is 5.05. The van der Waals surface area contributed by atoms with E-state index in [0.29, 0.717) is 5.88 Å². The van der Waals surface area contributed by atoms with Crippen molar-refractivity contribution in [3.05, 3.63) is 39.7 Å². The normalized spacial score (nSPS) is 12.4. The number of thiophene rings is 1. The van der Waals surface area contributed by atoms with Crippen LogP contribution in [0.1, 0.15) is 35.5 Å². The van der Waals surface area contributed by atoms with Gasteiger partial charge in [0, 0.05) is 10.9 Å². The fourth-order valence-corrected chi connectivity index (χ4v) is 2.91. The smallest absolute Gasteiger partial charge is 0.233 e. The summed E-state index contributed by atoms with van der Waals surface area (Å²) < 4.78 is 5.05. The van der Waals surface area contributed by atoms with Gasteiger partial charge in [0.05, 0.1) is 18.8 Å². The molecule has 1 N–H and O–H groups in total. The van der Waals surface area contributed by atoms with Crippen molar-refractivity contribution in [2.45, 2.75) is 26.3 Å². The molecule has 1 atom stereocenters. The van der Waals surface area contributed by atoms with Gasteiger partial charge in [0.1, 0.15) is 0 Å². The summed E-state index contributed by atoms with van der Waals surface area (Å²) in [4.78, 5) is 1.30. The van der Waals surface area contributed by atoms with Gasteiger partial charge in [0.2, 0.25) is 5.88 Å². The summed E-state index contributed by atoms with van der Waals surface area (Å²) in [5.41, 5.74) is 2.22. The fraction of sp³-hybridized carbons (Fsp3) is 0.429. The molecule has 0 bridgehead atoms. The minimum absolute atomic E-state index is 0.110. The lowest BCUT2D eigenvalue weighted by molar-refractivity contribution is 0.390. The number of ether oxygens (including phenoxy) is 1. The Morgan fingerprint density at radius 1 is 1.32 bits per heavy atom. The number of hydrogen-bond donors (Lipinski definition) is 1. The third kappa shape index (κ3) is 3.30. The van der Waals surface area contributed by atoms with E-state index >= 15 is 0 Å². The summed E-state index contributed by atoms with van der Waals surface area (Å²) in [6.45, 7) is 5.24. The van der Waals surface area contributed by atoms with Crippen molar-refractivity contribution < 1.29 is 4.74 Å². The van der Waals surface area contributed by atoms with Crippen molar-refractivity contribution >= 4 is 11.3 Å². The molecule has 0 spiro atoms. The van der Waals surface area contributed by atoms with Crippen LogP contribution in [-0.4, -0.2) is 23.9 Å². The number of nitrogens with zero attached hydrogens (tertiary/aromatic N) is 2. The van der Waals surface area contributed by atoms with Crippen molar-refractivity contribution in [1.29, 1.82) is 0 Å². The monoisotopic (exact) mass is 277 g/mol. The van der Waals surface area contributed by atoms with E-state index in [9.17, 15) is 0 Å². The van der Waals surface area contributed by atoms with Gasteiger partial charge in [-0.15, -0.1) is 21.5 Å². The maximum Gasteiger partial charge on any atom is 0.233 e. The second-order valence-electron chi connectivity index (χ2n) is 4.36. The van der Waals surface area contributed by atoms with E-state index < -0.39 is 0 Å². The number of rotatable bonds is 6. The molecule has 0 amide bonds. The molecule has 1 unspecified atom stereocenters. The number of nitrogens with one attached hydrogen (secondary N) is 1. The summed E-state index contributed by atoms with van der Waals surface area (Å²) in [7, 11) is 1.60. The average molecular weight is 277 g/mol. The number of methoxy groups -OCH3 is 1. The lowest BCUT2D eigenvalue weighted by atomic mass is 10.1. The van der Waals surface area contributed by atoms with Crippen LogP contribution in [0.15, 0.2) is 23.6 Å². The van der Waals surface area contributed by atoms with Crippen molar-refractivity contribution in [2.75, 3.05) is 13.7 Å². The number of aromatic nitrogens is 2. The minimum atomic E-state index is 0.110. The molecule has 0 aromatic carbocycles. The molecule has 2 heterocycles. The summed E-state index contributed by atoms with van der Waals surface area (Å²) >= 11 is 1.75. The molecule has 2 rings (SSSR count). The Labute approximate surface area is 117 Å². The molecule has 19 heavy (non-hydrogen) atoms. The second kappa shape index (κ2) is 6.63. The van der Waals surface area contributed by atoms with E-state index in [1.165, 1.54) is 10.4 Å². The van der Waals surface area contributed by atoms with Crippen molar-refractivity contribution in [3.63, 3.8) is 0 Å². The van der Waals surface area contributed by atoms with Gasteiger partial charge in [0.25, 0.3) is 0 Å². The lowest BCUT2D eigenvalue weighted by Crippen LogP contribution is -2.24. The van der Waals surface area contributed by atoms with E-state index in [0.717, 1.165) is 18.7 Å². The molecule has 5 heteroatoms. The Morgan fingerprint density at radius 2 is 2.16 bits per heavy atom. The highest BCUT2D eigenvalue weighted by molar-refractivity contribution is 7.10. The highest BCUT2D eigenvalue weighted by atomic mass is 32.1. The third-order valence-corrected chi connectivity index (χ3v) is 4.01. The van der Waals surface area contributed by atoms with Crippen LogP contribution < -0.4 is 10.1 Å². The Morgan fingerprint density at radius 3 is 2.68 bits per heavy atom. The molecule has 0 radical (unpaired) electrons. The van der Waals surface area contributed by atoms with Gasteiger partial charge in [-0.3, -0.25) is 0 Å². The molecule has 0 aliphatic heterocycles. The zero-order valence-corrected chi connectivity index (χ0v) is 12.3. The molecule has 2 aromatic rings. The summed E-state index contributed by atoms with van der Waals surface area (Å²) in [5, 5.41) is 14.0. The van der Waals surface area contributed by atoms with Crippen molar-refractivity contribution in [1.82, 2.24) is 15.5 Å². The first-order valence-corrected chi connectivity index (χ1v) is 7.29. The van der Waals surface area contributed by atoms with E-state index in [1.54, 1.807) is 18.4 Å². The lowest BCUT2D eigenvalue weighted by Gasteiger charge is -2.17. The first-order chi connectivity index (χ1) is 9.26. The van der Waals surface area contributed by atoms with Gasteiger partial charge in [-0.2, -0.15) is 0 Å². The minimum Gasteiger partial charge on any atom is -0.480 e. The molecule has 0 aliphatic rings.